The Balaban J connectivity index is 2.91. The van der Waals surface area contributed by atoms with E-state index in [4.69, 9.17) is 5.26 Å². The van der Waals surface area contributed by atoms with Gasteiger partial charge in [0.25, 0.3) is 0 Å². The minimum Gasteiger partial charge on any atom is -0.356 e. The smallest absolute Gasteiger partial charge is 0.132 e. The van der Waals surface area contributed by atoms with Crippen LogP contribution < -0.4 is 4.90 Å². The Kier molecular flexibility index (Phi) is 3.62. The molecule has 1 heterocycles. The van der Waals surface area contributed by atoms with E-state index >= 15 is 0 Å². The van der Waals surface area contributed by atoms with Crippen molar-refractivity contribution in [2.45, 2.75) is 33.2 Å². The van der Waals surface area contributed by atoms with Crippen LogP contribution in [0.4, 0.5) is 5.82 Å². The highest BCUT2D eigenvalue weighted by Gasteiger charge is 2.11. The van der Waals surface area contributed by atoms with Crippen LogP contribution in [0.3, 0.4) is 0 Å². The molecule has 80 valence electrons. The summed E-state index contributed by atoms with van der Waals surface area (Å²) in [5.74, 6) is 1.64. The zero-order valence-electron chi connectivity index (χ0n) is 9.65. The first kappa shape index (κ1) is 11.4. The number of rotatable bonds is 3. The minimum absolute atomic E-state index is 0.170. The molecule has 0 aliphatic carbocycles. The van der Waals surface area contributed by atoms with Gasteiger partial charge in [0.15, 0.2) is 0 Å². The van der Waals surface area contributed by atoms with Crippen molar-refractivity contribution in [2.75, 3.05) is 11.9 Å². The van der Waals surface area contributed by atoms with Gasteiger partial charge in [-0.25, -0.2) is 9.97 Å². The molecule has 0 saturated heterocycles. The van der Waals surface area contributed by atoms with Crippen LogP contribution in [0.1, 0.15) is 24.9 Å². The number of nitriles is 1. The molecule has 0 aliphatic heterocycles. The zero-order chi connectivity index (χ0) is 11.4. The third kappa shape index (κ3) is 2.91. The summed E-state index contributed by atoms with van der Waals surface area (Å²) in [6, 6.07) is 4.26. The molecule has 0 N–H and O–H groups in total. The Bertz CT molecular complexity index is 360. The van der Waals surface area contributed by atoms with E-state index in [-0.39, 0.29) is 6.04 Å². The summed E-state index contributed by atoms with van der Waals surface area (Å²) in [4.78, 5) is 10.6. The lowest BCUT2D eigenvalue weighted by atomic mass is 10.2. The molecule has 4 nitrogen and oxygen atoms in total. The molecule has 0 aliphatic rings. The second-order valence-electron chi connectivity index (χ2n) is 3.74. The molecule has 1 aromatic heterocycles. The summed E-state index contributed by atoms with van der Waals surface area (Å²) in [6.45, 7) is 5.83. The number of aryl methyl sites for hydroxylation is 2. The average Bonchev–Trinajstić information content (AvgIpc) is 2.15. The van der Waals surface area contributed by atoms with E-state index in [1.807, 2.05) is 38.8 Å². The van der Waals surface area contributed by atoms with Gasteiger partial charge in [0, 0.05) is 24.8 Å². The van der Waals surface area contributed by atoms with E-state index in [1.54, 1.807) is 0 Å². The van der Waals surface area contributed by atoms with E-state index in [9.17, 15) is 0 Å². The van der Waals surface area contributed by atoms with Crippen molar-refractivity contribution >= 4 is 5.82 Å². The minimum atomic E-state index is 0.170. The molecule has 0 fully saturated rings. The topological polar surface area (TPSA) is 52.8 Å². The van der Waals surface area contributed by atoms with Gasteiger partial charge in [0.1, 0.15) is 11.6 Å². The van der Waals surface area contributed by atoms with Crippen LogP contribution in [-0.4, -0.2) is 23.1 Å². The standard InChI is InChI=1S/C11H16N4/c1-8-7-11(14-10(3)13-8)15(4)9(2)5-6-12/h7,9H,5H2,1-4H3. The predicted octanol–water partition coefficient (Wildman–Crippen LogP) is 1.83. The van der Waals surface area contributed by atoms with E-state index in [0.717, 1.165) is 17.3 Å². The Hall–Kier alpha value is -1.63. The average molecular weight is 204 g/mol. The largest absolute Gasteiger partial charge is 0.356 e. The molecular formula is C11H16N4. The molecule has 0 amide bonds. The van der Waals surface area contributed by atoms with Gasteiger partial charge in [-0.1, -0.05) is 0 Å². The Morgan fingerprint density at radius 1 is 1.47 bits per heavy atom. The molecule has 1 atom stereocenters. The van der Waals surface area contributed by atoms with Crippen molar-refractivity contribution in [1.82, 2.24) is 9.97 Å². The van der Waals surface area contributed by atoms with Crippen LogP contribution in [0.5, 0.6) is 0 Å². The Labute approximate surface area is 90.6 Å². The quantitative estimate of drug-likeness (QED) is 0.753. The molecule has 1 rings (SSSR count). The first-order chi connectivity index (χ1) is 7.04. The molecule has 0 radical (unpaired) electrons. The van der Waals surface area contributed by atoms with Gasteiger partial charge >= 0.3 is 0 Å². The van der Waals surface area contributed by atoms with Crippen molar-refractivity contribution in [3.05, 3.63) is 17.6 Å². The lowest BCUT2D eigenvalue weighted by Gasteiger charge is -2.24. The second kappa shape index (κ2) is 4.74. The fourth-order valence-electron chi connectivity index (χ4n) is 1.37. The second-order valence-corrected chi connectivity index (χ2v) is 3.74. The summed E-state index contributed by atoms with van der Waals surface area (Å²) in [5.41, 5.74) is 0.952. The van der Waals surface area contributed by atoms with Crippen molar-refractivity contribution in [2.24, 2.45) is 0 Å². The van der Waals surface area contributed by atoms with Crippen LogP contribution >= 0.6 is 0 Å². The van der Waals surface area contributed by atoms with E-state index in [1.165, 1.54) is 0 Å². The fraction of sp³-hybridized carbons (Fsp3) is 0.545. The predicted molar refractivity (Wildman–Crippen MR) is 59.6 cm³/mol. The van der Waals surface area contributed by atoms with Crippen molar-refractivity contribution < 1.29 is 0 Å². The van der Waals surface area contributed by atoms with E-state index < -0.39 is 0 Å². The Morgan fingerprint density at radius 2 is 2.13 bits per heavy atom. The third-order valence-electron chi connectivity index (χ3n) is 2.36. The third-order valence-corrected chi connectivity index (χ3v) is 2.36. The van der Waals surface area contributed by atoms with Crippen molar-refractivity contribution in [3.63, 3.8) is 0 Å². The molecule has 1 aromatic rings. The maximum absolute atomic E-state index is 8.63. The summed E-state index contributed by atoms with van der Waals surface area (Å²) in [7, 11) is 1.95. The first-order valence-corrected chi connectivity index (χ1v) is 4.96. The van der Waals surface area contributed by atoms with Gasteiger partial charge in [-0.15, -0.1) is 0 Å². The highest BCUT2D eigenvalue weighted by atomic mass is 15.2. The SMILES string of the molecule is Cc1cc(N(C)C(C)CC#N)nc(C)n1. The molecular weight excluding hydrogens is 188 g/mol. The van der Waals surface area contributed by atoms with Gasteiger partial charge < -0.3 is 4.90 Å². The molecule has 0 aromatic carbocycles. The van der Waals surface area contributed by atoms with Crippen LogP contribution in [0.25, 0.3) is 0 Å². The van der Waals surface area contributed by atoms with Gasteiger partial charge in [0.2, 0.25) is 0 Å². The number of anilines is 1. The monoisotopic (exact) mass is 204 g/mol. The van der Waals surface area contributed by atoms with Gasteiger partial charge in [-0.3, -0.25) is 0 Å². The van der Waals surface area contributed by atoms with Crippen LogP contribution in [0, 0.1) is 25.2 Å². The van der Waals surface area contributed by atoms with Crippen molar-refractivity contribution in [3.8, 4) is 6.07 Å². The van der Waals surface area contributed by atoms with Crippen molar-refractivity contribution in [1.29, 1.82) is 5.26 Å². The van der Waals surface area contributed by atoms with Crippen LogP contribution in [0.2, 0.25) is 0 Å². The molecule has 0 spiro atoms. The number of aromatic nitrogens is 2. The van der Waals surface area contributed by atoms with Crippen LogP contribution in [-0.2, 0) is 0 Å². The summed E-state index contributed by atoms with van der Waals surface area (Å²) >= 11 is 0. The molecule has 0 saturated carbocycles. The van der Waals surface area contributed by atoms with E-state index in [2.05, 4.69) is 16.0 Å². The summed E-state index contributed by atoms with van der Waals surface area (Å²) < 4.78 is 0. The summed E-state index contributed by atoms with van der Waals surface area (Å²) in [5, 5.41) is 8.63. The number of hydrogen-bond donors (Lipinski definition) is 0. The lowest BCUT2D eigenvalue weighted by Crippen LogP contribution is -2.29. The molecule has 0 bridgehead atoms. The van der Waals surface area contributed by atoms with Gasteiger partial charge in [0.05, 0.1) is 12.5 Å². The fourth-order valence-corrected chi connectivity index (χ4v) is 1.37. The zero-order valence-corrected chi connectivity index (χ0v) is 9.65. The normalized spacial score (nSPS) is 11.9. The maximum Gasteiger partial charge on any atom is 0.132 e. The van der Waals surface area contributed by atoms with Crippen LogP contribution in [0.15, 0.2) is 6.07 Å². The molecule has 1 unspecified atom stereocenters. The number of nitrogens with zero attached hydrogens (tertiary/aromatic N) is 4. The molecule has 4 heteroatoms. The van der Waals surface area contributed by atoms with Gasteiger partial charge in [-0.05, 0) is 20.8 Å². The lowest BCUT2D eigenvalue weighted by molar-refractivity contribution is 0.690. The Morgan fingerprint density at radius 3 is 2.67 bits per heavy atom. The van der Waals surface area contributed by atoms with E-state index in [0.29, 0.717) is 6.42 Å². The first-order valence-electron chi connectivity index (χ1n) is 4.96. The highest BCUT2D eigenvalue weighted by molar-refractivity contribution is 5.39. The number of hydrogen-bond acceptors (Lipinski definition) is 4. The summed E-state index contributed by atoms with van der Waals surface area (Å²) in [6.07, 6.45) is 0.499. The van der Waals surface area contributed by atoms with Gasteiger partial charge in [-0.2, -0.15) is 5.26 Å². The molecule has 15 heavy (non-hydrogen) atoms. The highest BCUT2D eigenvalue weighted by Crippen LogP contribution is 2.14. The maximum atomic E-state index is 8.63.